The van der Waals surface area contributed by atoms with Gasteiger partial charge in [0.2, 0.25) is 5.91 Å². The summed E-state index contributed by atoms with van der Waals surface area (Å²) < 4.78 is 5.04. The van der Waals surface area contributed by atoms with Crippen LogP contribution in [0.4, 0.5) is 0 Å². The minimum atomic E-state index is -0.894. The number of amides is 1. The number of aliphatic hydroxyl groups is 1. The predicted octanol–water partition coefficient (Wildman–Crippen LogP) is 0.928. The van der Waals surface area contributed by atoms with Crippen LogP contribution in [0.5, 0.6) is 0 Å². The van der Waals surface area contributed by atoms with E-state index < -0.39 is 5.60 Å². The van der Waals surface area contributed by atoms with Gasteiger partial charge in [0.05, 0.1) is 10.9 Å². The Bertz CT molecular complexity index is 304. The summed E-state index contributed by atoms with van der Waals surface area (Å²) in [5.74, 6) is 1.10. The van der Waals surface area contributed by atoms with Crippen LogP contribution in [0.3, 0.4) is 0 Å². The second kappa shape index (κ2) is 4.78. The quantitative estimate of drug-likeness (QED) is 0.791. The minimum absolute atomic E-state index is 0.0486. The smallest absolute Gasteiger partial charge is 0.236 e. The Balaban J connectivity index is 1.87. The fourth-order valence-electron chi connectivity index (χ4n) is 2.38. The molecular weight excluding hydrogens is 238 g/mol. The van der Waals surface area contributed by atoms with Gasteiger partial charge in [-0.25, -0.2) is 0 Å². The molecule has 0 aromatic rings. The first-order valence-electron chi connectivity index (χ1n) is 6.23. The van der Waals surface area contributed by atoms with Gasteiger partial charge in [0.15, 0.2) is 0 Å². The first-order chi connectivity index (χ1) is 7.96. The molecule has 17 heavy (non-hydrogen) atoms. The van der Waals surface area contributed by atoms with Gasteiger partial charge in [-0.3, -0.25) is 4.79 Å². The normalized spacial score (nSPS) is 41.7. The zero-order valence-corrected chi connectivity index (χ0v) is 11.3. The lowest BCUT2D eigenvalue weighted by molar-refractivity contribution is -0.124. The highest BCUT2D eigenvalue weighted by Crippen LogP contribution is 2.38. The third-order valence-corrected chi connectivity index (χ3v) is 5.43. The molecule has 0 radical (unpaired) electrons. The molecule has 1 amide bonds. The fraction of sp³-hybridized carbons (Fsp3) is 0.917. The van der Waals surface area contributed by atoms with Gasteiger partial charge in [-0.2, -0.15) is 0 Å². The predicted molar refractivity (Wildman–Crippen MR) is 68.1 cm³/mol. The van der Waals surface area contributed by atoms with Crippen LogP contribution >= 0.6 is 11.8 Å². The Morgan fingerprint density at radius 1 is 1.59 bits per heavy atom. The molecule has 2 aliphatic heterocycles. The van der Waals surface area contributed by atoms with Crippen molar-refractivity contribution in [1.29, 1.82) is 0 Å². The van der Waals surface area contributed by atoms with Crippen molar-refractivity contribution in [2.45, 2.75) is 49.6 Å². The number of rotatable bonds is 3. The van der Waals surface area contributed by atoms with Crippen LogP contribution in [0, 0.1) is 0 Å². The molecule has 2 fully saturated rings. The molecule has 98 valence electrons. The Morgan fingerprint density at radius 2 is 2.35 bits per heavy atom. The molecule has 2 aliphatic rings. The van der Waals surface area contributed by atoms with E-state index in [2.05, 4.69) is 5.32 Å². The SMILES string of the molecule is CC1OCCC1(O)CNC(=O)C1(C)CCCS1. The third-order valence-electron chi connectivity index (χ3n) is 3.91. The van der Waals surface area contributed by atoms with E-state index in [0.29, 0.717) is 19.6 Å². The number of thioether (sulfide) groups is 1. The van der Waals surface area contributed by atoms with Gasteiger partial charge in [0.25, 0.3) is 0 Å². The highest BCUT2D eigenvalue weighted by molar-refractivity contribution is 8.01. The second-order valence-corrected chi connectivity index (χ2v) is 6.83. The Labute approximate surface area is 106 Å². The van der Waals surface area contributed by atoms with Crippen molar-refractivity contribution in [1.82, 2.24) is 5.32 Å². The number of hydrogen-bond donors (Lipinski definition) is 2. The van der Waals surface area contributed by atoms with Crippen molar-refractivity contribution in [3.8, 4) is 0 Å². The van der Waals surface area contributed by atoms with E-state index >= 15 is 0 Å². The molecule has 2 N–H and O–H groups in total. The molecule has 0 spiro atoms. The average molecular weight is 259 g/mol. The zero-order chi connectivity index (χ0) is 12.5. The molecule has 2 rings (SSSR count). The van der Waals surface area contributed by atoms with Gasteiger partial charge in [0.1, 0.15) is 5.60 Å². The van der Waals surface area contributed by atoms with Crippen LogP contribution in [0.2, 0.25) is 0 Å². The largest absolute Gasteiger partial charge is 0.385 e. The maximum absolute atomic E-state index is 12.1. The summed E-state index contributed by atoms with van der Waals surface area (Å²) in [5.41, 5.74) is -0.894. The number of hydrogen-bond acceptors (Lipinski definition) is 4. The molecule has 0 aliphatic carbocycles. The Morgan fingerprint density at radius 3 is 2.88 bits per heavy atom. The summed E-state index contributed by atoms with van der Waals surface area (Å²) in [6.45, 7) is 4.70. The maximum Gasteiger partial charge on any atom is 0.236 e. The summed E-state index contributed by atoms with van der Waals surface area (Å²) >= 11 is 1.71. The van der Waals surface area contributed by atoms with E-state index in [-0.39, 0.29) is 16.8 Å². The summed E-state index contributed by atoms with van der Waals surface area (Å²) in [4.78, 5) is 12.1. The Kier molecular flexibility index (Phi) is 3.71. The van der Waals surface area contributed by atoms with Crippen molar-refractivity contribution in [3.63, 3.8) is 0 Å². The first-order valence-corrected chi connectivity index (χ1v) is 7.21. The summed E-state index contributed by atoms with van der Waals surface area (Å²) in [6.07, 6.45) is 2.41. The van der Waals surface area contributed by atoms with Gasteiger partial charge in [-0.15, -0.1) is 11.8 Å². The lowest BCUT2D eigenvalue weighted by Gasteiger charge is -2.29. The lowest BCUT2D eigenvalue weighted by atomic mass is 9.96. The van der Waals surface area contributed by atoms with Crippen LogP contribution in [0.15, 0.2) is 0 Å². The standard InChI is InChI=1S/C12H21NO3S/c1-9-12(15,5-6-16-9)8-13-10(14)11(2)4-3-7-17-11/h9,15H,3-8H2,1-2H3,(H,13,14). The minimum Gasteiger partial charge on any atom is -0.385 e. The van der Waals surface area contributed by atoms with Gasteiger partial charge in [0, 0.05) is 19.6 Å². The van der Waals surface area contributed by atoms with E-state index in [0.717, 1.165) is 18.6 Å². The van der Waals surface area contributed by atoms with E-state index in [1.165, 1.54) is 0 Å². The summed E-state index contributed by atoms with van der Waals surface area (Å²) in [7, 11) is 0. The molecule has 0 aromatic carbocycles. The van der Waals surface area contributed by atoms with Crippen LogP contribution < -0.4 is 5.32 Å². The second-order valence-electron chi connectivity index (χ2n) is 5.23. The molecule has 4 nitrogen and oxygen atoms in total. The Hall–Kier alpha value is -0.260. The van der Waals surface area contributed by atoms with Crippen LogP contribution in [0.1, 0.15) is 33.1 Å². The van der Waals surface area contributed by atoms with Crippen LogP contribution in [-0.4, -0.2) is 46.4 Å². The van der Waals surface area contributed by atoms with E-state index in [1.807, 2.05) is 13.8 Å². The number of carbonyl (C=O) groups is 1. The van der Waals surface area contributed by atoms with Crippen molar-refractivity contribution in [2.24, 2.45) is 0 Å². The van der Waals surface area contributed by atoms with Crippen molar-refractivity contribution in [3.05, 3.63) is 0 Å². The summed E-state index contributed by atoms with van der Waals surface area (Å²) in [6, 6.07) is 0. The molecule has 0 saturated carbocycles. The highest BCUT2D eigenvalue weighted by atomic mass is 32.2. The van der Waals surface area contributed by atoms with E-state index in [1.54, 1.807) is 11.8 Å². The zero-order valence-electron chi connectivity index (χ0n) is 10.5. The van der Waals surface area contributed by atoms with Crippen molar-refractivity contribution >= 4 is 17.7 Å². The van der Waals surface area contributed by atoms with Crippen LogP contribution in [0.25, 0.3) is 0 Å². The fourth-order valence-corrected chi connectivity index (χ4v) is 3.61. The van der Waals surface area contributed by atoms with Crippen molar-refractivity contribution < 1.29 is 14.6 Å². The maximum atomic E-state index is 12.1. The van der Waals surface area contributed by atoms with Gasteiger partial charge < -0.3 is 15.2 Å². The van der Waals surface area contributed by atoms with Gasteiger partial charge in [-0.05, 0) is 32.4 Å². The number of ether oxygens (including phenoxy) is 1. The molecule has 5 heteroatoms. The molecule has 3 unspecified atom stereocenters. The van der Waals surface area contributed by atoms with Gasteiger partial charge >= 0.3 is 0 Å². The first kappa shape index (κ1) is 13.2. The molecule has 0 aromatic heterocycles. The molecule has 0 bridgehead atoms. The third kappa shape index (κ3) is 2.61. The molecule has 2 heterocycles. The number of nitrogens with one attached hydrogen (secondary N) is 1. The molecule has 2 saturated heterocycles. The van der Waals surface area contributed by atoms with E-state index in [4.69, 9.17) is 4.74 Å². The van der Waals surface area contributed by atoms with E-state index in [9.17, 15) is 9.90 Å². The number of carbonyl (C=O) groups excluding carboxylic acids is 1. The topological polar surface area (TPSA) is 58.6 Å². The molecular formula is C12H21NO3S. The van der Waals surface area contributed by atoms with Gasteiger partial charge in [-0.1, -0.05) is 0 Å². The van der Waals surface area contributed by atoms with Crippen molar-refractivity contribution in [2.75, 3.05) is 18.9 Å². The lowest BCUT2D eigenvalue weighted by Crippen LogP contribution is -2.51. The van der Waals surface area contributed by atoms with Crippen LogP contribution in [-0.2, 0) is 9.53 Å². The average Bonchev–Trinajstić information content (AvgIpc) is 2.86. The molecule has 3 atom stereocenters. The summed E-state index contributed by atoms with van der Waals surface area (Å²) in [5, 5.41) is 13.2. The monoisotopic (exact) mass is 259 g/mol. The highest BCUT2D eigenvalue weighted by Gasteiger charge is 2.42.